The van der Waals surface area contributed by atoms with Crippen molar-refractivity contribution in [2.24, 2.45) is 5.73 Å². The lowest BCUT2D eigenvalue weighted by molar-refractivity contribution is 0.310. The van der Waals surface area contributed by atoms with E-state index < -0.39 is 0 Å². The minimum Gasteiger partial charge on any atom is -0.496 e. The van der Waals surface area contributed by atoms with Crippen molar-refractivity contribution >= 4 is 0 Å². The molecule has 0 amide bonds. The van der Waals surface area contributed by atoms with Crippen LogP contribution in [0.15, 0.2) is 48.5 Å². The molecule has 3 rings (SSSR count). The smallest absolute Gasteiger partial charge is 0.122 e. The van der Waals surface area contributed by atoms with E-state index in [2.05, 4.69) is 49.4 Å². The Bertz CT molecular complexity index is 623. The molecular weight excluding hydrogens is 258 g/mol. The maximum atomic E-state index is 6.91. The summed E-state index contributed by atoms with van der Waals surface area (Å²) in [6.45, 7) is 2.24. The molecule has 0 aromatic heterocycles. The van der Waals surface area contributed by atoms with Crippen LogP contribution in [0.2, 0.25) is 0 Å². The van der Waals surface area contributed by atoms with Gasteiger partial charge in [0, 0.05) is 11.5 Å². The van der Waals surface area contributed by atoms with E-state index in [1.807, 2.05) is 6.07 Å². The molecule has 0 spiro atoms. The van der Waals surface area contributed by atoms with Gasteiger partial charge in [0.2, 0.25) is 0 Å². The SMILES string of the molecule is COc1cccc2c1CCC[C@@]2(N)[C@H](C)c1ccccc1. The average Bonchev–Trinajstić information content (AvgIpc) is 2.55. The number of fused-ring (bicyclic) bond motifs is 1. The Morgan fingerprint density at radius 2 is 1.86 bits per heavy atom. The van der Waals surface area contributed by atoms with Gasteiger partial charge in [-0.1, -0.05) is 49.4 Å². The van der Waals surface area contributed by atoms with E-state index in [0.717, 1.165) is 25.0 Å². The van der Waals surface area contributed by atoms with Crippen LogP contribution >= 0.6 is 0 Å². The van der Waals surface area contributed by atoms with E-state index in [1.54, 1.807) is 7.11 Å². The van der Waals surface area contributed by atoms with Gasteiger partial charge in [-0.05, 0) is 42.0 Å². The van der Waals surface area contributed by atoms with Gasteiger partial charge in [-0.25, -0.2) is 0 Å². The summed E-state index contributed by atoms with van der Waals surface area (Å²) in [6, 6.07) is 16.9. The zero-order chi connectivity index (χ0) is 14.9. The van der Waals surface area contributed by atoms with Gasteiger partial charge in [-0.15, -0.1) is 0 Å². The van der Waals surface area contributed by atoms with Gasteiger partial charge in [-0.3, -0.25) is 0 Å². The molecule has 2 heteroatoms. The Balaban J connectivity index is 2.08. The van der Waals surface area contributed by atoms with Crippen molar-refractivity contribution in [1.82, 2.24) is 0 Å². The monoisotopic (exact) mass is 281 g/mol. The first-order chi connectivity index (χ1) is 10.2. The number of ether oxygens (including phenoxy) is 1. The summed E-state index contributed by atoms with van der Waals surface area (Å²) >= 11 is 0. The molecule has 0 saturated carbocycles. The Kier molecular flexibility index (Phi) is 3.73. The maximum absolute atomic E-state index is 6.91. The van der Waals surface area contributed by atoms with E-state index in [0.29, 0.717) is 0 Å². The average molecular weight is 281 g/mol. The van der Waals surface area contributed by atoms with Crippen LogP contribution in [0, 0.1) is 0 Å². The van der Waals surface area contributed by atoms with Crippen LogP contribution in [0.25, 0.3) is 0 Å². The molecule has 0 bridgehead atoms. The Hall–Kier alpha value is -1.80. The second-order valence-corrected chi connectivity index (χ2v) is 6.01. The van der Waals surface area contributed by atoms with Crippen molar-refractivity contribution in [1.29, 1.82) is 0 Å². The number of methoxy groups -OCH3 is 1. The molecule has 0 saturated heterocycles. The van der Waals surface area contributed by atoms with Gasteiger partial charge in [0.05, 0.1) is 7.11 Å². The Morgan fingerprint density at radius 3 is 2.57 bits per heavy atom. The Labute approximate surface area is 126 Å². The van der Waals surface area contributed by atoms with Crippen molar-refractivity contribution in [3.8, 4) is 5.75 Å². The van der Waals surface area contributed by atoms with Crippen molar-refractivity contribution < 1.29 is 4.74 Å². The predicted molar refractivity (Wildman–Crippen MR) is 86.7 cm³/mol. The maximum Gasteiger partial charge on any atom is 0.122 e. The minimum atomic E-state index is -0.316. The second kappa shape index (κ2) is 5.53. The van der Waals surface area contributed by atoms with Gasteiger partial charge in [-0.2, -0.15) is 0 Å². The topological polar surface area (TPSA) is 35.2 Å². The largest absolute Gasteiger partial charge is 0.496 e. The van der Waals surface area contributed by atoms with Crippen LogP contribution in [0.3, 0.4) is 0 Å². The molecule has 1 aliphatic carbocycles. The third-order valence-corrected chi connectivity index (χ3v) is 4.94. The summed E-state index contributed by atoms with van der Waals surface area (Å²) in [7, 11) is 1.74. The van der Waals surface area contributed by atoms with Gasteiger partial charge >= 0.3 is 0 Å². The lowest BCUT2D eigenvalue weighted by Crippen LogP contribution is -2.44. The van der Waals surface area contributed by atoms with Gasteiger partial charge < -0.3 is 10.5 Å². The molecule has 2 nitrogen and oxygen atoms in total. The first kappa shape index (κ1) is 14.2. The molecule has 1 aliphatic rings. The molecule has 0 aliphatic heterocycles. The zero-order valence-electron chi connectivity index (χ0n) is 12.8. The van der Waals surface area contributed by atoms with Crippen molar-refractivity contribution in [2.75, 3.05) is 7.11 Å². The standard InChI is InChI=1S/C19H23NO/c1-14(15-8-4-3-5-9-15)19(20)13-7-10-16-17(19)11-6-12-18(16)21-2/h3-6,8-9,11-12,14H,7,10,13,20H2,1-2H3/t14-,19-/m1/s1. The zero-order valence-corrected chi connectivity index (χ0v) is 12.8. The summed E-state index contributed by atoms with van der Waals surface area (Å²) in [5, 5.41) is 0. The number of nitrogens with two attached hydrogens (primary N) is 1. The fraction of sp³-hybridized carbons (Fsp3) is 0.368. The summed E-state index contributed by atoms with van der Waals surface area (Å²) in [5.74, 6) is 1.26. The normalized spacial score (nSPS) is 22.4. The number of rotatable bonds is 3. The van der Waals surface area contributed by atoms with Gasteiger partial charge in [0.25, 0.3) is 0 Å². The van der Waals surface area contributed by atoms with Gasteiger partial charge in [0.15, 0.2) is 0 Å². The van der Waals surface area contributed by atoms with Crippen LogP contribution in [0.5, 0.6) is 5.75 Å². The summed E-state index contributed by atoms with van der Waals surface area (Å²) in [6.07, 6.45) is 3.18. The number of benzene rings is 2. The first-order valence-electron chi connectivity index (χ1n) is 7.67. The molecule has 0 unspecified atom stereocenters. The lowest BCUT2D eigenvalue weighted by atomic mass is 9.68. The highest BCUT2D eigenvalue weighted by atomic mass is 16.5. The third kappa shape index (κ3) is 2.34. The second-order valence-electron chi connectivity index (χ2n) is 6.01. The van der Waals surface area contributed by atoms with Crippen LogP contribution in [0.4, 0.5) is 0 Å². The van der Waals surface area contributed by atoms with Crippen LogP contribution < -0.4 is 10.5 Å². The van der Waals surface area contributed by atoms with Crippen LogP contribution in [-0.4, -0.2) is 7.11 Å². The molecule has 2 atom stereocenters. The third-order valence-electron chi connectivity index (χ3n) is 4.94. The fourth-order valence-electron chi connectivity index (χ4n) is 3.63. The molecule has 0 radical (unpaired) electrons. The van der Waals surface area contributed by atoms with Crippen molar-refractivity contribution in [2.45, 2.75) is 37.6 Å². The number of hydrogen-bond donors (Lipinski definition) is 1. The molecule has 21 heavy (non-hydrogen) atoms. The van der Waals surface area contributed by atoms with E-state index in [-0.39, 0.29) is 11.5 Å². The van der Waals surface area contributed by atoms with E-state index in [4.69, 9.17) is 10.5 Å². The highest BCUT2D eigenvalue weighted by molar-refractivity contribution is 5.47. The first-order valence-corrected chi connectivity index (χ1v) is 7.67. The van der Waals surface area contributed by atoms with Crippen molar-refractivity contribution in [3.63, 3.8) is 0 Å². The fourth-order valence-corrected chi connectivity index (χ4v) is 3.63. The minimum absolute atomic E-state index is 0.282. The molecule has 0 heterocycles. The van der Waals surface area contributed by atoms with Crippen LogP contribution in [-0.2, 0) is 12.0 Å². The summed E-state index contributed by atoms with van der Waals surface area (Å²) in [4.78, 5) is 0. The lowest BCUT2D eigenvalue weighted by Gasteiger charge is -2.41. The van der Waals surface area contributed by atoms with E-state index in [9.17, 15) is 0 Å². The molecular formula is C19H23NO. The number of hydrogen-bond acceptors (Lipinski definition) is 2. The highest BCUT2D eigenvalue weighted by Crippen LogP contribution is 2.45. The Morgan fingerprint density at radius 1 is 1.10 bits per heavy atom. The molecule has 2 aromatic rings. The summed E-state index contributed by atoms with van der Waals surface area (Å²) < 4.78 is 5.54. The molecule has 0 fully saturated rings. The quantitative estimate of drug-likeness (QED) is 0.923. The molecule has 2 aromatic carbocycles. The van der Waals surface area contributed by atoms with Crippen molar-refractivity contribution in [3.05, 3.63) is 65.2 Å². The van der Waals surface area contributed by atoms with E-state index >= 15 is 0 Å². The summed E-state index contributed by atoms with van der Waals surface area (Å²) in [5.41, 5.74) is 10.4. The predicted octanol–water partition coefficient (Wildman–Crippen LogP) is 3.99. The molecule has 2 N–H and O–H groups in total. The van der Waals surface area contributed by atoms with E-state index in [1.165, 1.54) is 16.7 Å². The van der Waals surface area contributed by atoms with Gasteiger partial charge in [0.1, 0.15) is 5.75 Å². The van der Waals surface area contributed by atoms with Crippen LogP contribution in [0.1, 0.15) is 42.4 Å². The highest BCUT2D eigenvalue weighted by Gasteiger charge is 2.39. The molecule has 110 valence electrons.